The first-order valence-electron chi connectivity index (χ1n) is 7.38. The van der Waals surface area contributed by atoms with Gasteiger partial charge < -0.3 is 10.6 Å². The summed E-state index contributed by atoms with van der Waals surface area (Å²) in [4.78, 5) is 11.8. The van der Waals surface area contributed by atoms with E-state index in [1.165, 1.54) is 18.9 Å². The molecular formula is C16H18ClF3N2O. The van der Waals surface area contributed by atoms with Crippen molar-refractivity contribution in [3.63, 3.8) is 0 Å². The Kier molecular flexibility index (Phi) is 5.57. The van der Waals surface area contributed by atoms with E-state index in [1.807, 2.05) is 6.92 Å². The highest BCUT2D eigenvalue weighted by molar-refractivity contribution is 6.31. The second-order valence-electron chi connectivity index (χ2n) is 5.66. The molecule has 7 heteroatoms. The second-order valence-corrected chi connectivity index (χ2v) is 6.07. The lowest BCUT2D eigenvalue weighted by Gasteiger charge is -2.12. The normalized spacial score (nSPS) is 16.5. The summed E-state index contributed by atoms with van der Waals surface area (Å²) in [5.41, 5.74) is 0.130. The van der Waals surface area contributed by atoms with Crippen LogP contribution in [-0.2, 0) is 6.18 Å². The zero-order valence-electron chi connectivity index (χ0n) is 12.6. The van der Waals surface area contributed by atoms with Crippen molar-refractivity contribution in [2.75, 3.05) is 5.32 Å². The minimum atomic E-state index is -4.57. The first-order chi connectivity index (χ1) is 10.8. The Morgan fingerprint density at radius 3 is 2.57 bits per heavy atom. The predicted molar refractivity (Wildman–Crippen MR) is 84.3 cm³/mol. The highest BCUT2D eigenvalue weighted by atomic mass is 35.5. The molecule has 0 heterocycles. The topological polar surface area (TPSA) is 41.1 Å². The van der Waals surface area contributed by atoms with Gasteiger partial charge in [-0.2, -0.15) is 13.2 Å². The fraction of sp³-hybridized carbons (Fsp3) is 0.438. The van der Waals surface area contributed by atoms with E-state index in [0.29, 0.717) is 5.92 Å². The monoisotopic (exact) mass is 346 g/mol. The van der Waals surface area contributed by atoms with Crippen molar-refractivity contribution in [2.45, 2.75) is 38.8 Å². The molecule has 0 bridgehead atoms. The van der Waals surface area contributed by atoms with Crippen LogP contribution in [0.5, 0.6) is 0 Å². The third-order valence-electron chi connectivity index (χ3n) is 3.96. The van der Waals surface area contributed by atoms with Gasteiger partial charge in [0, 0.05) is 11.9 Å². The van der Waals surface area contributed by atoms with Gasteiger partial charge in [-0.3, -0.25) is 0 Å². The van der Waals surface area contributed by atoms with Crippen molar-refractivity contribution in [3.8, 4) is 0 Å². The largest absolute Gasteiger partial charge is 0.417 e. The maximum Gasteiger partial charge on any atom is 0.417 e. The van der Waals surface area contributed by atoms with E-state index >= 15 is 0 Å². The van der Waals surface area contributed by atoms with E-state index in [1.54, 1.807) is 6.20 Å². The van der Waals surface area contributed by atoms with Crippen LogP contribution in [0.4, 0.5) is 23.7 Å². The molecular weight excluding hydrogens is 329 g/mol. The number of carbonyl (C=O) groups excluding carboxylic acids is 1. The van der Waals surface area contributed by atoms with Gasteiger partial charge in [0.25, 0.3) is 0 Å². The van der Waals surface area contributed by atoms with Crippen LogP contribution < -0.4 is 10.6 Å². The van der Waals surface area contributed by atoms with Gasteiger partial charge >= 0.3 is 12.2 Å². The number of urea groups is 1. The molecule has 2 N–H and O–H groups in total. The predicted octanol–water partition coefficient (Wildman–Crippen LogP) is 5.57. The van der Waals surface area contributed by atoms with Crippen molar-refractivity contribution in [1.29, 1.82) is 0 Å². The Bertz CT molecular complexity index is 608. The molecule has 0 saturated heterocycles. The number of nitrogens with one attached hydrogen (secondary N) is 2. The molecule has 1 aromatic rings. The Labute approximate surface area is 137 Å². The maximum atomic E-state index is 12.8. The molecule has 1 fully saturated rings. The van der Waals surface area contributed by atoms with Crippen LogP contribution in [0, 0.1) is 5.92 Å². The lowest BCUT2D eigenvalue weighted by Crippen LogP contribution is -2.25. The molecule has 2 rings (SSSR count). The first-order valence-corrected chi connectivity index (χ1v) is 7.76. The molecule has 126 valence electrons. The molecule has 1 aromatic carbocycles. The molecule has 1 aliphatic rings. The standard InChI is InChI=1S/C16H18ClF3N2O/c1-10(11-4-2-3-5-11)9-21-15(23)22-12-6-7-14(17)13(8-12)16(18,19)20/h6-9,11H,2-5H2,1H3,(H2,21,22,23)/b10-9+. The van der Waals surface area contributed by atoms with Gasteiger partial charge in [0.05, 0.1) is 10.6 Å². The Morgan fingerprint density at radius 1 is 1.30 bits per heavy atom. The number of amides is 2. The molecule has 0 aliphatic heterocycles. The van der Waals surface area contributed by atoms with Crippen molar-refractivity contribution in [3.05, 3.63) is 40.6 Å². The summed E-state index contributed by atoms with van der Waals surface area (Å²) in [7, 11) is 0. The lowest BCUT2D eigenvalue weighted by atomic mass is 10.0. The molecule has 23 heavy (non-hydrogen) atoms. The third kappa shape index (κ3) is 4.89. The van der Waals surface area contributed by atoms with E-state index in [0.717, 1.165) is 30.5 Å². The smallest absolute Gasteiger partial charge is 0.314 e. The SMILES string of the molecule is C/C(=C\NC(=O)Nc1ccc(Cl)c(C(F)(F)F)c1)C1CCCC1. The van der Waals surface area contributed by atoms with Crippen LogP contribution in [0.25, 0.3) is 0 Å². The van der Waals surface area contributed by atoms with Gasteiger partial charge in [-0.05, 0) is 43.9 Å². The number of benzene rings is 1. The third-order valence-corrected chi connectivity index (χ3v) is 4.29. The van der Waals surface area contributed by atoms with Crippen LogP contribution in [0.2, 0.25) is 5.02 Å². The fourth-order valence-corrected chi connectivity index (χ4v) is 2.89. The number of hydrogen-bond acceptors (Lipinski definition) is 1. The molecule has 0 aromatic heterocycles. The summed E-state index contributed by atoms with van der Waals surface area (Å²) >= 11 is 5.53. The summed E-state index contributed by atoms with van der Waals surface area (Å²) in [6.45, 7) is 1.94. The van der Waals surface area contributed by atoms with Gasteiger partial charge in [0.1, 0.15) is 0 Å². The molecule has 0 radical (unpaired) electrons. The summed E-state index contributed by atoms with van der Waals surface area (Å²) in [6, 6.07) is 2.66. The number of allylic oxidation sites excluding steroid dienone is 1. The minimum Gasteiger partial charge on any atom is -0.314 e. The maximum absolute atomic E-state index is 12.8. The summed E-state index contributed by atoms with van der Waals surface area (Å²) in [6.07, 6.45) is 1.64. The van der Waals surface area contributed by atoms with Gasteiger partial charge in [0.15, 0.2) is 0 Å². The molecule has 0 unspecified atom stereocenters. The van der Waals surface area contributed by atoms with E-state index in [4.69, 9.17) is 11.6 Å². The molecule has 2 amide bonds. The zero-order valence-corrected chi connectivity index (χ0v) is 13.4. The van der Waals surface area contributed by atoms with E-state index < -0.39 is 22.8 Å². The van der Waals surface area contributed by atoms with Crippen molar-refractivity contribution >= 4 is 23.3 Å². The van der Waals surface area contributed by atoms with Crippen LogP contribution in [-0.4, -0.2) is 6.03 Å². The highest BCUT2D eigenvalue weighted by Crippen LogP contribution is 2.36. The van der Waals surface area contributed by atoms with Crippen LogP contribution in [0.15, 0.2) is 30.0 Å². The highest BCUT2D eigenvalue weighted by Gasteiger charge is 2.33. The average molecular weight is 347 g/mol. The Hall–Kier alpha value is -1.69. The molecule has 3 nitrogen and oxygen atoms in total. The summed E-state index contributed by atoms with van der Waals surface area (Å²) < 4.78 is 38.3. The van der Waals surface area contributed by atoms with Crippen LogP contribution >= 0.6 is 11.6 Å². The number of alkyl halides is 3. The first kappa shape index (κ1) is 17.7. The minimum absolute atomic E-state index is 0.0335. The second kappa shape index (κ2) is 7.25. The van der Waals surface area contributed by atoms with Crippen LogP contribution in [0.1, 0.15) is 38.2 Å². The molecule has 1 aliphatic carbocycles. The van der Waals surface area contributed by atoms with Gasteiger partial charge in [0.2, 0.25) is 0 Å². The van der Waals surface area contributed by atoms with Crippen molar-refractivity contribution < 1.29 is 18.0 Å². The fourth-order valence-electron chi connectivity index (χ4n) is 2.67. The van der Waals surface area contributed by atoms with E-state index in [9.17, 15) is 18.0 Å². The lowest BCUT2D eigenvalue weighted by molar-refractivity contribution is -0.137. The number of carbonyl (C=O) groups is 1. The van der Waals surface area contributed by atoms with Crippen LogP contribution in [0.3, 0.4) is 0 Å². The number of halogens is 4. The van der Waals surface area contributed by atoms with Crippen molar-refractivity contribution in [1.82, 2.24) is 5.32 Å². The Balaban J connectivity index is 1.99. The number of anilines is 1. The van der Waals surface area contributed by atoms with Gasteiger partial charge in [-0.25, -0.2) is 4.79 Å². The van der Waals surface area contributed by atoms with E-state index in [2.05, 4.69) is 10.6 Å². The Morgan fingerprint density at radius 2 is 1.96 bits per heavy atom. The molecule has 0 spiro atoms. The van der Waals surface area contributed by atoms with Gasteiger partial charge in [-0.15, -0.1) is 0 Å². The number of rotatable bonds is 3. The van der Waals surface area contributed by atoms with Gasteiger partial charge in [-0.1, -0.05) is 30.0 Å². The zero-order chi connectivity index (χ0) is 17.0. The van der Waals surface area contributed by atoms with Crippen molar-refractivity contribution in [2.24, 2.45) is 5.92 Å². The molecule has 0 atom stereocenters. The average Bonchev–Trinajstić information content (AvgIpc) is 3.00. The molecule has 1 saturated carbocycles. The summed E-state index contributed by atoms with van der Waals surface area (Å²) in [5.74, 6) is 0.475. The summed E-state index contributed by atoms with van der Waals surface area (Å²) in [5, 5.41) is 4.53. The van der Waals surface area contributed by atoms with E-state index in [-0.39, 0.29) is 5.69 Å². The number of hydrogen-bond donors (Lipinski definition) is 2. The quantitative estimate of drug-likeness (QED) is 0.737.